The molecule has 0 aliphatic carbocycles. The number of hydrogen-bond acceptors (Lipinski definition) is 2. The monoisotopic (exact) mass is 303 g/mol. The Hall–Kier alpha value is -2.47. The maximum Gasteiger partial charge on any atom is 0.323 e. The van der Waals surface area contributed by atoms with Gasteiger partial charge in [0.1, 0.15) is 10.8 Å². The summed E-state index contributed by atoms with van der Waals surface area (Å²) in [7, 11) is 0. The van der Waals surface area contributed by atoms with E-state index in [0.29, 0.717) is 11.3 Å². The van der Waals surface area contributed by atoms with Gasteiger partial charge in [0.25, 0.3) is 0 Å². The molecule has 21 heavy (non-hydrogen) atoms. The molecule has 0 bridgehead atoms. The van der Waals surface area contributed by atoms with Crippen LogP contribution in [0.15, 0.2) is 42.5 Å². The minimum Gasteiger partial charge on any atom is -0.389 e. The van der Waals surface area contributed by atoms with Gasteiger partial charge in [0.15, 0.2) is 0 Å². The number of anilines is 2. The SMILES string of the molecule is Cc1cccc(NC(=O)Nc2ccc(C(N)=S)cc2F)c1. The molecule has 0 radical (unpaired) electrons. The largest absolute Gasteiger partial charge is 0.389 e. The highest BCUT2D eigenvalue weighted by Crippen LogP contribution is 2.17. The fourth-order valence-electron chi connectivity index (χ4n) is 1.78. The standard InChI is InChI=1S/C15H14FN3OS/c1-9-3-2-4-11(7-9)18-15(20)19-13-6-5-10(14(17)21)8-12(13)16/h2-8H,1H3,(H2,17,21)(H2,18,19,20). The molecule has 0 unspecified atom stereocenters. The van der Waals surface area contributed by atoms with Crippen LogP contribution >= 0.6 is 12.2 Å². The predicted molar refractivity (Wildman–Crippen MR) is 86.1 cm³/mol. The molecule has 0 aliphatic heterocycles. The molecule has 2 aromatic rings. The molecule has 0 aliphatic rings. The molecule has 0 spiro atoms. The lowest BCUT2D eigenvalue weighted by molar-refractivity contribution is 0.262. The van der Waals surface area contributed by atoms with E-state index in [9.17, 15) is 9.18 Å². The number of nitrogens with one attached hydrogen (secondary N) is 2. The summed E-state index contributed by atoms with van der Waals surface area (Å²) in [6, 6.07) is 10.9. The normalized spacial score (nSPS) is 10.0. The highest BCUT2D eigenvalue weighted by Gasteiger charge is 2.09. The van der Waals surface area contributed by atoms with Crippen molar-refractivity contribution in [3.8, 4) is 0 Å². The van der Waals surface area contributed by atoms with E-state index in [1.165, 1.54) is 12.1 Å². The summed E-state index contributed by atoms with van der Waals surface area (Å²) in [6.45, 7) is 1.91. The van der Waals surface area contributed by atoms with Crippen molar-refractivity contribution in [2.24, 2.45) is 5.73 Å². The molecule has 0 heterocycles. The fraction of sp³-hybridized carbons (Fsp3) is 0.0667. The Bertz CT molecular complexity index is 703. The minimum absolute atomic E-state index is 0.0557. The second kappa shape index (κ2) is 6.32. The highest BCUT2D eigenvalue weighted by atomic mass is 32.1. The summed E-state index contributed by atoms with van der Waals surface area (Å²) in [5.74, 6) is -0.598. The number of halogens is 1. The summed E-state index contributed by atoms with van der Waals surface area (Å²) < 4.78 is 13.8. The van der Waals surface area contributed by atoms with Gasteiger partial charge in [0.05, 0.1) is 5.69 Å². The Morgan fingerprint density at radius 1 is 1.19 bits per heavy atom. The van der Waals surface area contributed by atoms with Crippen LogP contribution in [0.25, 0.3) is 0 Å². The molecule has 0 fully saturated rings. The van der Waals surface area contributed by atoms with E-state index >= 15 is 0 Å². The topological polar surface area (TPSA) is 67.2 Å². The van der Waals surface area contributed by atoms with E-state index in [1.54, 1.807) is 12.1 Å². The number of urea groups is 1. The van der Waals surface area contributed by atoms with E-state index in [0.717, 1.165) is 5.56 Å². The fourth-order valence-corrected chi connectivity index (χ4v) is 1.90. The van der Waals surface area contributed by atoms with Crippen molar-refractivity contribution in [3.63, 3.8) is 0 Å². The molecule has 0 aromatic heterocycles. The number of thiocarbonyl (C=S) groups is 1. The smallest absolute Gasteiger partial charge is 0.323 e. The van der Waals surface area contributed by atoms with Gasteiger partial charge in [-0.05, 0) is 42.8 Å². The van der Waals surface area contributed by atoms with E-state index in [-0.39, 0.29) is 10.7 Å². The van der Waals surface area contributed by atoms with Gasteiger partial charge >= 0.3 is 6.03 Å². The van der Waals surface area contributed by atoms with Crippen LogP contribution in [0, 0.1) is 12.7 Å². The quantitative estimate of drug-likeness (QED) is 0.761. The van der Waals surface area contributed by atoms with E-state index < -0.39 is 11.8 Å². The number of carbonyl (C=O) groups excluding carboxylic acids is 1. The Morgan fingerprint density at radius 3 is 2.57 bits per heavy atom. The Balaban J connectivity index is 2.08. The van der Waals surface area contributed by atoms with Gasteiger partial charge in [0, 0.05) is 11.3 Å². The molecule has 4 N–H and O–H groups in total. The lowest BCUT2D eigenvalue weighted by Gasteiger charge is -2.09. The Morgan fingerprint density at radius 2 is 1.95 bits per heavy atom. The lowest BCUT2D eigenvalue weighted by Crippen LogP contribution is -2.20. The molecular weight excluding hydrogens is 289 g/mol. The lowest BCUT2D eigenvalue weighted by atomic mass is 10.2. The Labute approximate surface area is 127 Å². The second-order valence-electron chi connectivity index (χ2n) is 4.51. The van der Waals surface area contributed by atoms with E-state index in [1.807, 2.05) is 25.1 Å². The first-order chi connectivity index (χ1) is 9.95. The number of benzene rings is 2. The van der Waals surface area contributed by atoms with Crippen molar-refractivity contribution >= 4 is 34.6 Å². The maximum atomic E-state index is 13.8. The highest BCUT2D eigenvalue weighted by molar-refractivity contribution is 7.80. The van der Waals surface area contributed by atoms with Crippen LogP contribution in [-0.2, 0) is 0 Å². The molecule has 2 rings (SSSR count). The first-order valence-electron chi connectivity index (χ1n) is 6.20. The number of carbonyl (C=O) groups is 1. The summed E-state index contributed by atoms with van der Waals surface area (Å²) in [4.78, 5) is 11.9. The van der Waals surface area contributed by atoms with Crippen molar-refractivity contribution in [2.45, 2.75) is 6.92 Å². The van der Waals surface area contributed by atoms with Crippen molar-refractivity contribution in [1.29, 1.82) is 0 Å². The molecule has 2 amide bonds. The summed E-state index contributed by atoms with van der Waals surface area (Å²) in [5.41, 5.74) is 7.53. The number of hydrogen-bond donors (Lipinski definition) is 3. The van der Waals surface area contributed by atoms with E-state index in [2.05, 4.69) is 10.6 Å². The third-order valence-electron chi connectivity index (χ3n) is 2.78. The average molecular weight is 303 g/mol. The van der Waals surface area contributed by atoms with Crippen LogP contribution in [0.4, 0.5) is 20.6 Å². The first kappa shape index (κ1) is 14.9. The molecule has 4 nitrogen and oxygen atoms in total. The average Bonchev–Trinajstić information content (AvgIpc) is 2.40. The molecule has 6 heteroatoms. The predicted octanol–water partition coefficient (Wildman–Crippen LogP) is 3.41. The molecule has 108 valence electrons. The van der Waals surface area contributed by atoms with Crippen LogP contribution < -0.4 is 16.4 Å². The van der Waals surface area contributed by atoms with Gasteiger partial charge in [-0.2, -0.15) is 0 Å². The van der Waals surface area contributed by atoms with Crippen LogP contribution in [0.1, 0.15) is 11.1 Å². The zero-order valence-electron chi connectivity index (χ0n) is 11.3. The van der Waals surface area contributed by atoms with Gasteiger partial charge in [0.2, 0.25) is 0 Å². The van der Waals surface area contributed by atoms with Gasteiger partial charge in [-0.25, -0.2) is 9.18 Å². The van der Waals surface area contributed by atoms with Gasteiger partial charge in [-0.3, -0.25) is 0 Å². The summed E-state index contributed by atoms with van der Waals surface area (Å²) >= 11 is 4.76. The van der Waals surface area contributed by atoms with Gasteiger partial charge < -0.3 is 16.4 Å². The third-order valence-corrected chi connectivity index (χ3v) is 3.01. The third kappa shape index (κ3) is 4.00. The Kier molecular flexibility index (Phi) is 4.49. The van der Waals surface area contributed by atoms with Crippen molar-refractivity contribution < 1.29 is 9.18 Å². The number of amides is 2. The van der Waals surface area contributed by atoms with Gasteiger partial charge in [-0.15, -0.1) is 0 Å². The second-order valence-corrected chi connectivity index (χ2v) is 4.95. The molecule has 2 aromatic carbocycles. The summed E-state index contributed by atoms with van der Waals surface area (Å²) in [5, 5.41) is 5.06. The van der Waals surface area contributed by atoms with Crippen LogP contribution in [0.2, 0.25) is 0 Å². The molecule has 0 saturated carbocycles. The zero-order chi connectivity index (χ0) is 15.4. The van der Waals surface area contributed by atoms with E-state index in [4.69, 9.17) is 18.0 Å². The van der Waals surface area contributed by atoms with Crippen LogP contribution in [0.5, 0.6) is 0 Å². The number of rotatable bonds is 3. The van der Waals surface area contributed by atoms with Crippen LogP contribution in [0.3, 0.4) is 0 Å². The molecular formula is C15H14FN3OS. The molecule has 0 atom stereocenters. The summed E-state index contributed by atoms with van der Waals surface area (Å²) in [6.07, 6.45) is 0. The zero-order valence-corrected chi connectivity index (χ0v) is 12.1. The maximum absolute atomic E-state index is 13.8. The number of aryl methyl sites for hydroxylation is 1. The van der Waals surface area contributed by atoms with Gasteiger partial charge in [-0.1, -0.05) is 24.4 Å². The van der Waals surface area contributed by atoms with Crippen molar-refractivity contribution in [1.82, 2.24) is 0 Å². The van der Waals surface area contributed by atoms with Crippen molar-refractivity contribution in [3.05, 3.63) is 59.4 Å². The first-order valence-corrected chi connectivity index (χ1v) is 6.60. The molecule has 0 saturated heterocycles. The van der Waals surface area contributed by atoms with Crippen molar-refractivity contribution in [2.75, 3.05) is 10.6 Å². The minimum atomic E-state index is -0.598. The van der Waals surface area contributed by atoms with Crippen LogP contribution in [-0.4, -0.2) is 11.0 Å². The number of nitrogens with two attached hydrogens (primary N) is 1.